The third-order valence-electron chi connectivity index (χ3n) is 5.71. The van der Waals surface area contributed by atoms with Crippen LogP contribution in [0.4, 0.5) is 4.39 Å². The van der Waals surface area contributed by atoms with Crippen LogP contribution in [0.1, 0.15) is 43.1 Å². The summed E-state index contributed by atoms with van der Waals surface area (Å²) < 4.78 is 24.6. The van der Waals surface area contributed by atoms with Crippen molar-refractivity contribution in [3.63, 3.8) is 0 Å². The summed E-state index contributed by atoms with van der Waals surface area (Å²) in [6.07, 6.45) is 3.83. The van der Waals surface area contributed by atoms with E-state index in [2.05, 4.69) is 22.3 Å². The average molecular weight is 438 g/mol. The number of nitrogens with zero attached hydrogens (tertiary/aromatic N) is 3. The number of carbonyl (C=O) groups is 1. The highest BCUT2D eigenvalue weighted by atomic mass is 19.1. The molecule has 2 heterocycles. The predicted molar refractivity (Wildman–Crippen MR) is 118 cm³/mol. The zero-order valence-corrected chi connectivity index (χ0v) is 18.1. The maximum Gasteiger partial charge on any atom is 0.231 e. The van der Waals surface area contributed by atoms with Gasteiger partial charge in [-0.05, 0) is 43.4 Å². The van der Waals surface area contributed by atoms with Crippen molar-refractivity contribution < 1.29 is 18.4 Å². The lowest BCUT2D eigenvalue weighted by Gasteiger charge is -2.31. The van der Waals surface area contributed by atoms with Crippen LogP contribution in [0.3, 0.4) is 0 Å². The molecule has 1 aliphatic rings. The Bertz CT molecular complexity index is 1010. The second-order valence-electron chi connectivity index (χ2n) is 8.10. The normalized spacial score (nSPS) is 16.3. The summed E-state index contributed by atoms with van der Waals surface area (Å²) in [5.74, 6) is 0.671. The van der Waals surface area contributed by atoms with Crippen LogP contribution >= 0.6 is 0 Å². The summed E-state index contributed by atoms with van der Waals surface area (Å²) in [7, 11) is 0. The van der Waals surface area contributed by atoms with Crippen LogP contribution in [0, 0.1) is 5.82 Å². The summed E-state index contributed by atoms with van der Waals surface area (Å²) >= 11 is 0. The molecule has 1 aliphatic heterocycles. The van der Waals surface area contributed by atoms with E-state index in [-0.39, 0.29) is 17.6 Å². The average Bonchev–Trinajstić information content (AvgIpc) is 3.32. The van der Waals surface area contributed by atoms with E-state index in [9.17, 15) is 9.18 Å². The zero-order chi connectivity index (χ0) is 22.2. The number of hydrogen-bond donors (Lipinski definition) is 0. The molecule has 7 heteroatoms. The maximum atomic E-state index is 13.5. The molecule has 1 amide bonds. The SMILES string of the molecule is O=C(CCCOCCc1ccccc1)N1CCCC(c2nc(-c3cccc(F)c3)no2)C1. The summed E-state index contributed by atoms with van der Waals surface area (Å²) in [5.41, 5.74) is 1.83. The Morgan fingerprint density at radius 3 is 2.88 bits per heavy atom. The highest BCUT2D eigenvalue weighted by Crippen LogP contribution is 2.28. The molecule has 168 valence electrons. The second kappa shape index (κ2) is 11.0. The van der Waals surface area contributed by atoms with Gasteiger partial charge in [-0.15, -0.1) is 0 Å². The van der Waals surface area contributed by atoms with Gasteiger partial charge in [0.15, 0.2) is 0 Å². The van der Waals surface area contributed by atoms with Gasteiger partial charge in [-0.1, -0.05) is 47.6 Å². The molecule has 32 heavy (non-hydrogen) atoms. The molecule has 0 N–H and O–H groups in total. The van der Waals surface area contributed by atoms with E-state index >= 15 is 0 Å². The van der Waals surface area contributed by atoms with Gasteiger partial charge in [-0.2, -0.15) is 4.98 Å². The summed E-state index contributed by atoms with van der Waals surface area (Å²) in [6.45, 7) is 2.55. The van der Waals surface area contributed by atoms with E-state index in [0.717, 1.165) is 25.8 Å². The summed E-state index contributed by atoms with van der Waals surface area (Å²) in [4.78, 5) is 19.0. The number of likely N-dealkylation sites (tertiary alicyclic amines) is 1. The second-order valence-corrected chi connectivity index (χ2v) is 8.10. The molecule has 0 saturated carbocycles. The molecule has 4 rings (SSSR count). The molecule has 0 radical (unpaired) electrons. The predicted octanol–water partition coefficient (Wildman–Crippen LogP) is 4.62. The van der Waals surface area contributed by atoms with E-state index in [4.69, 9.17) is 9.26 Å². The van der Waals surface area contributed by atoms with Crippen molar-refractivity contribution in [3.8, 4) is 11.4 Å². The van der Waals surface area contributed by atoms with E-state index in [0.29, 0.717) is 49.9 Å². The van der Waals surface area contributed by atoms with Gasteiger partial charge >= 0.3 is 0 Å². The molecule has 1 aromatic heterocycles. The first-order valence-corrected chi connectivity index (χ1v) is 11.2. The Hall–Kier alpha value is -3.06. The van der Waals surface area contributed by atoms with E-state index in [1.807, 2.05) is 23.1 Å². The number of rotatable bonds is 9. The monoisotopic (exact) mass is 437 g/mol. The molecule has 6 nitrogen and oxygen atoms in total. The number of carbonyl (C=O) groups excluding carboxylic acids is 1. The maximum absolute atomic E-state index is 13.5. The third kappa shape index (κ3) is 6.01. The fraction of sp³-hybridized carbons (Fsp3) is 0.400. The quantitative estimate of drug-likeness (QED) is 0.457. The smallest absolute Gasteiger partial charge is 0.231 e. The first-order chi connectivity index (χ1) is 15.7. The highest BCUT2D eigenvalue weighted by molar-refractivity contribution is 5.76. The van der Waals surface area contributed by atoms with E-state index < -0.39 is 0 Å². The van der Waals surface area contributed by atoms with Crippen LogP contribution in [-0.4, -0.2) is 47.3 Å². The Labute approximate surface area is 187 Å². The van der Waals surface area contributed by atoms with E-state index in [1.165, 1.54) is 17.7 Å². The van der Waals surface area contributed by atoms with Crippen LogP contribution < -0.4 is 0 Å². The Balaban J connectivity index is 1.21. The number of benzene rings is 2. The van der Waals surface area contributed by atoms with Gasteiger partial charge in [0.2, 0.25) is 17.6 Å². The van der Waals surface area contributed by atoms with Gasteiger partial charge in [-0.25, -0.2) is 4.39 Å². The van der Waals surface area contributed by atoms with Crippen molar-refractivity contribution in [2.75, 3.05) is 26.3 Å². The minimum Gasteiger partial charge on any atom is -0.381 e. The molecule has 1 unspecified atom stereocenters. The number of piperidine rings is 1. The number of ether oxygens (including phenoxy) is 1. The van der Waals surface area contributed by atoms with Crippen molar-refractivity contribution in [1.82, 2.24) is 15.0 Å². The number of aromatic nitrogens is 2. The van der Waals surface area contributed by atoms with Crippen LogP contribution in [-0.2, 0) is 16.0 Å². The largest absolute Gasteiger partial charge is 0.381 e. The molecule has 1 atom stereocenters. The van der Waals surface area contributed by atoms with Crippen molar-refractivity contribution in [2.45, 2.75) is 38.0 Å². The van der Waals surface area contributed by atoms with Crippen molar-refractivity contribution in [1.29, 1.82) is 0 Å². The van der Waals surface area contributed by atoms with Gasteiger partial charge in [-0.3, -0.25) is 4.79 Å². The number of halogens is 1. The van der Waals surface area contributed by atoms with Crippen molar-refractivity contribution in [3.05, 3.63) is 71.9 Å². The Kier molecular flexibility index (Phi) is 7.61. The molecular formula is C25H28FN3O3. The fourth-order valence-corrected chi connectivity index (χ4v) is 3.97. The lowest BCUT2D eigenvalue weighted by Crippen LogP contribution is -2.39. The number of hydrogen-bond acceptors (Lipinski definition) is 5. The zero-order valence-electron chi connectivity index (χ0n) is 18.1. The van der Waals surface area contributed by atoms with Gasteiger partial charge < -0.3 is 14.2 Å². The third-order valence-corrected chi connectivity index (χ3v) is 5.71. The summed E-state index contributed by atoms with van der Waals surface area (Å²) in [5, 5.41) is 4.00. The van der Waals surface area contributed by atoms with Crippen LogP contribution in [0.15, 0.2) is 59.1 Å². The topological polar surface area (TPSA) is 68.5 Å². The number of amides is 1. The fourth-order valence-electron chi connectivity index (χ4n) is 3.97. The van der Waals surface area contributed by atoms with Gasteiger partial charge in [0.05, 0.1) is 12.5 Å². The molecule has 0 spiro atoms. The Morgan fingerprint density at radius 1 is 1.16 bits per heavy atom. The molecule has 1 saturated heterocycles. The van der Waals surface area contributed by atoms with Gasteiger partial charge in [0, 0.05) is 31.7 Å². The summed E-state index contributed by atoms with van der Waals surface area (Å²) in [6, 6.07) is 16.4. The van der Waals surface area contributed by atoms with Gasteiger partial charge in [0.25, 0.3) is 0 Å². The van der Waals surface area contributed by atoms with Crippen molar-refractivity contribution >= 4 is 5.91 Å². The standard InChI is InChI=1S/C25H28FN3O3/c26-22-11-4-9-20(17-22)24-27-25(32-28-24)21-10-5-14-29(18-21)23(30)12-6-15-31-16-13-19-7-2-1-3-8-19/h1-4,7-9,11,17,21H,5-6,10,12-16,18H2. The van der Waals surface area contributed by atoms with Crippen LogP contribution in [0.5, 0.6) is 0 Å². The minimum atomic E-state index is -0.340. The molecule has 0 bridgehead atoms. The molecule has 2 aromatic carbocycles. The first kappa shape index (κ1) is 22.1. The lowest BCUT2D eigenvalue weighted by molar-refractivity contribution is -0.132. The van der Waals surface area contributed by atoms with Gasteiger partial charge in [0.1, 0.15) is 5.82 Å². The molecule has 0 aliphatic carbocycles. The molecular weight excluding hydrogens is 409 g/mol. The molecule has 1 fully saturated rings. The minimum absolute atomic E-state index is 0.00429. The highest BCUT2D eigenvalue weighted by Gasteiger charge is 2.28. The van der Waals surface area contributed by atoms with Crippen LogP contribution in [0.25, 0.3) is 11.4 Å². The van der Waals surface area contributed by atoms with E-state index in [1.54, 1.807) is 12.1 Å². The lowest BCUT2D eigenvalue weighted by atomic mass is 9.97. The molecule has 3 aromatic rings. The van der Waals surface area contributed by atoms with Crippen molar-refractivity contribution in [2.24, 2.45) is 0 Å². The first-order valence-electron chi connectivity index (χ1n) is 11.2. The van der Waals surface area contributed by atoms with Crippen LogP contribution in [0.2, 0.25) is 0 Å². The Morgan fingerprint density at radius 2 is 2.03 bits per heavy atom.